The summed E-state index contributed by atoms with van der Waals surface area (Å²) in [5, 5.41) is 10.5. The lowest BCUT2D eigenvalue weighted by Crippen LogP contribution is -2.34. The number of halogens is 3. The van der Waals surface area contributed by atoms with Gasteiger partial charge in [0.15, 0.2) is 0 Å². The Kier molecular flexibility index (Phi) is 4.76. The standard InChI is InChI=1S/C21H20F3N5O/c1-20(9-11-26-19(20)30)17-12-16(28-29(17)2)18-15(4-3-10-25-18)27-14-7-5-13(6-8-14)21(22,23)24/h3-8,10,12,27H,9,11H2,1-2H3,(H,26,30)/t20-/m0/s1. The number of rotatable bonds is 4. The van der Waals surface area contributed by atoms with Gasteiger partial charge >= 0.3 is 6.18 Å². The summed E-state index contributed by atoms with van der Waals surface area (Å²) in [5.41, 5.74) is 1.61. The van der Waals surface area contributed by atoms with Crippen molar-refractivity contribution in [2.24, 2.45) is 7.05 Å². The molecule has 1 fully saturated rings. The van der Waals surface area contributed by atoms with Gasteiger partial charge < -0.3 is 10.6 Å². The van der Waals surface area contributed by atoms with Crippen LogP contribution in [0.15, 0.2) is 48.7 Å². The first-order chi connectivity index (χ1) is 14.2. The van der Waals surface area contributed by atoms with E-state index in [1.165, 1.54) is 12.1 Å². The lowest BCUT2D eigenvalue weighted by atomic mass is 9.85. The Morgan fingerprint density at radius 1 is 1.20 bits per heavy atom. The van der Waals surface area contributed by atoms with Gasteiger partial charge in [-0.25, -0.2) is 0 Å². The SMILES string of the molecule is Cn1nc(-c2ncccc2Nc2ccc(C(F)(F)F)cc2)cc1[C@]1(C)CCNC1=O. The second-order valence-electron chi connectivity index (χ2n) is 7.48. The molecular weight excluding hydrogens is 395 g/mol. The normalized spacial score (nSPS) is 19.0. The average molecular weight is 415 g/mol. The van der Waals surface area contributed by atoms with Gasteiger partial charge in [0, 0.05) is 25.5 Å². The molecule has 3 heterocycles. The van der Waals surface area contributed by atoms with E-state index in [0.29, 0.717) is 35.7 Å². The van der Waals surface area contributed by atoms with Gasteiger partial charge in [-0.1, -0.05) is 0 Å². The molecule has 0 unspecified atom stereocenters. The van der Waals surface area contributed by atoms with Gasteiger partial charge in [0.1, 0.15) is 11.4 Å². The highest BCUT2D eigenvalue weighted by Crippen LogP contribution is 2.35. The molecule has 0 bridgehead atoms. The Hall–Kier alpha value is -3.36. The van der Waals surface area contributed by atoms with Crippen LogP contribution in [-0.4, -0.2) is 27.2 Å². The van der Waals surface area contributed by atoms with Crippen molar-refractivity contribution in [1.82, 2.24) is 20.1 Å². The number of nitrogens with zero attached hydrogens (tertiary/aromatic N) is 3. The highest BCUT2D eigenvalue weighted by atomic mass is 19.4. The molecule has 3 aromatic rings. The molecular formula is C21H20F3N5O. The van der Waals surface area contributed by atoms with Gasteiger partial charge in [0.25, 0.3) is 0 Å². The predicted octanol–water partition coefficient (Wildman–Crippen LogP) is 4.02. The zero-order valence-electron chi connectivity index (χ0n) is 16.4. The lowest BCUT2D eigenvalue weighted by molar-refractivity contribution is -0.137. The van der Waals surface area contributed by atoms with E-state index in [2.05, 4.69) is 20.7 Å². The smallest absolute Gasteiger partial charge is 0.355 e. The topological polar surface area (TPSA) is 71.8 Å². The maximum absolute atomic E-state index is 12.8. The molecule has 1 aliphatic rings. The van der Waals surface area contributed by atoms with Crippen molar-refractivity contribution in [3.8, 4) is 11.4 Å². The van der Waals surface area contributed by atoms with Gasteiger partial charge in [0.05, 0.1) is 22.4 Å². The van der Waals surface area contributed by atoms with Crippen molar-refractivity contribution >= 4 is 17.3 Å². The number of amides is 1. The maximum Gasteiger partial charge on any atom is 0.416 e. The van der Waals surface area contributed by atoms with Gasteiger partial charge in [-0.3, -0.25) is 14.5 Å². The molecule has 0 aliphatic carbocycles. The number of anilines is 2. The summed E-state index contributed by atoms with van der Waals surface area (Å²) < 4.78 is 40.0. The summed E-state index contributed by atoms with van der Waals surface area (Å²) in [6.45, 7) is 2.50. The number of alkyl halides is 3. The maximum atomic E-state index is 12.8. The van der Waals surface area contributed by atoms with Crippen LogP contribution in [0.25, 0.3) is 11.4 Å². The summed E-state index contributed by atoms with van der Waals surface area (Å²) in [4.78, 5) is 16.7. The zero-order chi connectivity index (χ0) is 21.5. The molecule has 1 aromatic carbocycles. The summed E-state index contributed by atoms with van der Waals surface area (Å²) >= 11 is 0. The van der Waals surface area contributed by atoms with E-state index in [1.54, 1.807) is 30.1 Å². The van der Waals surface area contributed by atoms with E-state index >= 15 is 0 Å². The van der Waals surface area contributed by atoms with E-state index in [-0.39, 0.29) is 5.91 Å². The minimum absolute atomic E-state index is 0.0406. The number of pyridine rings is 1. The lowest BCUT2D eigenvalue weighted by Gasteiger charge is -2.20. The molecule has 4 rings (SSSR count). The van der Waals surface area contributed by atoms with Crippen LogP contribution in [0, 0.1) is 0 Å². The third-order valence-electron chi connectivity index (χ3n) is 5.40. The Balaban J connectivity index is 1.66. The van der Waals surface area contributed by atoms with Crippen LogP contribution in [0.2, 0.25) is 0 Å². The fraction of sp³-hybridized carbons (Fsp3) is 0.286. The molecule has 2 aromatic heterocycles. The number of benzene rings is 1. The third-order valence-corrected chi connectivity index (χ3v) is 5.40. The quantitative estimate of drug-likeness (QED) is 0.675. The molecule has 6 nitrogen and oxygen atoms in total. The van der Waals surface area contributed by atoms with E-state index in [4.69, 9.17) is 0 Å². The number of carbonyl (C=O) groups excluding carboxylic acids is 1. The van der Waals surface area contributed by atoms with Crippen molar-refractivity contribution in [2.75, 3.05) is 11.9 Å². The predicted molar refractivity (Wildman–Crippen MR) is 106 cm³/mol. The Labute approximate surface area is 171 Å². The van der Waals surface area contributed by atoms with Crippen LogP contribution in [0.3, 0.4) is 0 Å². The molecule has 156 valence electrons. The van der Waals surface area contributed by atoms with Crippen LogP contribution < -0.4 is 10.6 Å². The fourth-order valence-electron chi connectivity index (χ4n) is 3.69. The first-order valence-corrected chi connectivity index (χ1v) is 9.41. The molecule has 0 radical (unpaired) electrons. The van der Waals surface area contributed by atoms with E-state index in [9.17, 15) is 18.0 Å². The van der Waals surface area contributed by atoms with E-state index in [1.807, 2.05) is 13.0 Å². The highest BCUT2D eigenvalue weighted by molar-refractivity contribution is 5.90. The van der Waals surface area contributed by atoms with Gasteiger partial charge in [-0.15, -0.1) is 0 Å². The van der Waals surface area contributed by atoms with Gasteiger partial charge in [-0.05, 0) is 55.8 Å². The number of aromatic nitrogens is 3. The largest absolute Gasteiger partial charge is 0.416 e. The highest BCUT2D eigenvalue weighted by Gasteiger charge is 2.42. The average Bonchev–Trinajstić information content (AvgIpc) is 3.25. The summed E-state index contributed by atoms with van der Waals surface area (Å²) in [6, 6.07) is 10.1. The molecule has 0 saturated carbocycles. The number of hydrogen-bond acceptors (Lipinski definition) is 4. The minimum Gasteiger partial charge on any atom is -0.355 e. The molecule has 1 atom stereocenters. The van der Waals surface area contributed by atoms with Crippen molar-refractivity contribution < 1.29 is 18.0 Å². The molecule has 30 heavy (non-hydrogen) atoms. The van der Waals surface area contributed by atoms with Crippen molar-refractivity contribution in [3.63, 3.8) is 0 Å². The van der Waals surface area contributed by atoms with E-state index < -0.39 is 17.2 Å². The Morgan fingerprint density at radius 3 is 2.57 bits per heavy atom. The summed E-state index contributed by atoms with van der Waals surface area (Å²) in [6.07, 6.45) is -2.10. The second kappa shape index (κ2) is 7.16. The van der Waals surface area contributed by atoms with Crippen LogP contribution >= 0.6 is 0 Å². The zero-order valence-corrected chi connectivity index (χ0v) is 16.4. The molecule has 1 amide bonds. The number of nitrogens with one attached hydrogen (secondary N) is 2. The second-order valence-corrected chi connectivity index (χ2v) is 7.48. The van der Waals surface area contributed by atoms with Gasteiger partial charge in [0.2, 0.25) is 5.91 Å². The Morgan fingerprint density at radius 2 is 1.93 bits per heavy atom. The third kappa shape index (κ3) is 3.51. The Bertz CT molecular complexity index is 1090. The van der Waals surface area contributed by atoms with Crippen LogP contribution in [0.5, 0.6) is 0 Å². The summed E-state index contributed by atoms with van der Waals surface area (Å²) in [5.74, 6) is -0.0406. The number of aryl methyl sites for hydroxylation is 1. The summed E-state index contributed by atoms with van der Waals surface area (Å²) in [7, 11) is 1.78. The first-order valence-electron chi connectivity index (χ1n) is 9.41. The first kappa shape index (κ1) is 19.9. The van der Waals surface area contributed by atoms with Crippen molar-refractivity contribution in [2.45, 2.75) is 24.9 Å². The van der Waals surface area contributed by atoms with Gasteiger partial charge in [-0.2, -0.15) is 18.3 Å². The fourth-order valence-corrected chi connectivity index (χ4v) is 3.69. The number of hydrogen-bond donors (Lipinski definition) is 2. The molecule has 9 heteroatoms. The van der Waals surface area contributed by atoms with Crippen molar-refractivity contribution in [3.05, 3.63) is 59.9 Å². The minimum atomic E-state index is -4.38. The van der Waals surface area contributed by atoms with Crippen molar-refractivity contribution in [1.29, 1.82) is 0 Å². The van der Waals surface area contributed by atoms with Crippen LogP contribution in [0.4, 0.5) is 24.5 Å². The monoisotopic (exact) mass is 415 g/mol. The van der Waals surface area contributed by atoms with Crippen LogP contribution in [0.1, 0.15) is 24.6 Å². The van der Waals surface area contributed by atoms with Crippen LogP contribution in [-0.2, 0) is 23.4 Å². The molecule has 1 saturated heterocycles. The molecule has 1 aliphatic heterocycles. The van der Waals surface area contributed by atoms with E-state index in [0.717, 1.165) is 17.8 Å². The number of carbonyl (C=O) groups is 1. The molecule has 2 N–H and O–H groups in total. The molecule has 0 spiro atoms.